The van der Waals surface area contributed by atoms with Gasteiger partial charge in [0.25, 0.3) is 0 Å². The predicted molar refractivity (Wildman–Crippen MR) is 81.6 cm³/mol. The van der Waals surface area contributed by atoms with Crippen molar-refractivity contribution in [1.29, 1.82) is 0 Å². The molecule has 0 N–H and O–H groups in total. The summed E-state index contributed by atoms with van der Waals surface area (Å²) in [4.78, 5) is 2.50. The molecule has 1 aliphatic carbocycles. The van der Waals surface area contributed by atoms with Gasteiger partial charge in [0.15, 0.2) is 0 Å². The molecule has 0 radical (unpaired) electrons. The molecule has 0 spiro atoms. The molecule has 1 nitrogen and oxygen atoms in total. The van der Waals surface area contributed by atoms with Gasteiger partial charge in [-0.25, -0.2) is 0 Å². The van der Waals surface area contributed by atoms with Crippen molar-refractivity contribution in [3.05, 3.63) is 36.6 Å². The fraction of sp³-hybridized carbons (Fsp3) is 0.647. The van der Waals surface area contributed by atoms with E-state index in [1.54, 1.807) is 0 Å². The van der Waals surface area contributed by atoms with Crippen molar-refractivity contribution in [2.75, 3.05) is 7.05 Å². The highest BCUT2D eigenvalue weighted by atomic mass is 15.2. The van der Waals surface area contributed by atoms with Crippen LogP contribution in [0.2, 0.25) is 0 Å². The van der Waals surface area contributed by atoms with Gasteiger partial charge in [-0.15, -0.1) is 0 Å². The monoisotopic (exact) mass is 247 g/mol. The number of allylic oxidation sites excluding steroid dienone is 4. The zero-order chi connectivity index (χ0) is 13.4. The van der Waals surface area contributed by atoms with Crippen molar-refractivity contribution in [2.24, 2.45) is 0 Å². The highest BCUT2D eigenvalue weighted by Gasteiger charge is 2.33. The molecule has 0 unspecified atom stereocenters. The Bertz CT molecular complexity index is 304. The van der Waals surface area contributed by atoms with Gasteiger partial charge in [0.1, 0.15) is 0 Å². The van der Waals surface area contributed by atoms with Crippen LogP contribution in [0.3, 0.4) is 0 Å². The van der Waals surface area contributed by atoms with Gasteiger partial charge in [-0.05, 0) is 38.3 Å². The van der Waals surface area contributed by atoms with Gasteiger partial charge in [-0.3, -0.25) is 0 Å². The van der Waals surface area contributed by atoms with Crippen LogP contribution in [0.15, 0.2) is 36.6 Å². The molecule has 0 heterocycles. The summed E-state index contributed by atoms with van der Waals surface area (Å²) in [6.45, 7) is 8.26. The average Bonchev–Trinajstić information content (AvgIpc) is 2.64. The van der Waals surface area contributed by atoms with Crippen LogP contribution < -0.4 is 0 Å². The van der Waals surface area contributed by atoms with Gasteiger partial charge >= 0.3 is 0 Å². The largest absolute Gasteiger partial charge is 0.369 e. The van der Waals surface area contributed by atoms with E-state index >= 15 is 0 Å². The van der Waals surface area contributed by atoms with E-state index < -0.39 is 0 Å². The zero-order valence-electron chi connectivity index (χ0n) is 12.4. The van der Waals surface area contributed by atoms with Crippen LogP contribution in [0.5, 0.6) is 0 Å². The molecular weight excluding hydrogens is 218 g/mol. The van der Waals surface area contributed by atoms with Crippen LogP contribution in [-0.4, -0.2) is 17.5 Å². The smallest absolute Gasteiger partial charge is 0.0396 e. The van der Waals surface area contributed by atoms with Gasteiger partial charge in [0.2, 0.25) is 0 Å². The molecule has 0 atom stereocenters. The molecule has 1 rings (SSSR count). The van der Waals surface area contributed by atoms with Crippen molar-refractivity contribution in [2.45, 2.75) is 64.3 Å². The van der Waals surface area contributed by atoms with Crippen molar-refractivity contribution >= 4 is 0 Å². The quantitative estimate of drug-likeness (QED) is 0.484. The Hall–Kier alpha value is -0.980. The lowest BCUT2D eigenvalue weighted by atomic mass is 9.85. The molecule has 0 aromatic carbocycles. The number of hydrogen-bond acceptors (Lipinski definition) is 1. The normalized spacial score (nSPS) is 20.7. The summed E-state index contributed by atoms with van der Waals surface area (Å²) < 4.78 is 0. The Morgan fingerprint density at radius 2 is 1.83 bits per heavy atom. The number of likely N-dealkylation sites (N-methyl/N-ethyl adjacent to an activating group) is 1. The lowest BCUT2D eigenvalue weighted by molar-refractivity contribution is 0.136. The Kier molecular flexibility index (Phi) is 6.24. The van der Waals surface area contributed by atoms with Crippen molar-refractivity contribution in [3.8, 4) is 0 Å². The molecule has 18 heavy (non-hydrogen) atoms. The topological polar surface area (TPSA) is 3.24 Å². The van der Waals surface area contributed by atoms with Crippen LogP contribution in [0.1, 0.15) is 58.8 Å². The van der Waals surface area contributed by atoms with Crippen molar-refractivity contribution in [3.63, 3.8) is 0 Å². The van der Waals surface area contributed by atoms with E-state index in [1.807, 2.05) is 6.08 Å². The Labute approximate surface area is 113 Å². The Morgan fingerprint density at radius 3 is 2.28 bits per heavy atom. The second-order valence-electron chi connectivity index (χ2n) is 5.38. The molecule has 1 aliphatic rings. The molecule has 0 amide bonds. The second-order valence-corrected chi connectivity index (χ2v) is 5.38. The van der Waals surface area contributed by atoms with Gasteiger partial charge < -0.3 is 4.90 Å². The van der Waals surface area contributed by atoms with Crippen LogP contribution >= 0.6 is 0 Å². The number of nitrogens with zero attached hydrogens (tertiary/aromatic N) is 1. The molecule has 1 fully saturated rings. The van der Waals surface area contributed by atoms with Gasteiger partial charge in [-0.2, -0.15) is 0 Å². The molecule has 1 heteroatoms. The molecular formula is C17H29N. The van der Waals surface area contributed by atoms with Gasteiger partial charge in [-0.1, -0.05) is 51.3 Å². The third kappa shape index (κ3) is 3.51. The predicted octanol–water partition coefficient (Wildman–Crippen LogP) is 5.07. The standard InChI is InChI=1S/C17H29N/c1-5-12-16(13-6-2)18(4)17(7-3)14-10-8-9-11-15-17/h5-6,12-13H,1,7-11,14-15H2,2-4H3/b13-6-,16-12+. The maximum Gasteiger partial charge on any atom is 0.0396 e. The molecule has 0 aromatic heterocycles. The summed E-state index contributed by atoms with van der Waals surface area (Å²) >= 11 is 0. The minimum absolute atomic E-state index is 0.352. The lowest BCUT2D eigenvalue weighted by Crippen LogP contribution is -2.44. The highest BCUT2D eigenvalue weighted by molar-refractivity contribution is 5.23. The molecule has 0 aliphatic heterocycles. The first-order valence-electron chi connectivity index (χ1n) is 7.39. The summed E-state index contributed by atoms with van der Waals surface area (Å²) in [6.07, 6.45) is 17.8. The minimum atomic E-state index is 0.352. The fourth-order valence-electron chi connectivity index (χ4n) is 3.16. The highest BCUT2D eigenvalue weighted by Crippen LogP contribution is 2.36. The number of hydrogen-bond donors (Lipinski definition) is 0. The third-order valence-electron chi connectivity index (χ3n) is 4.42. The maximum absolute atomic E-state index is 3.84. The van der Waals surface area contributed by atoms with E-state index in [0.717, 1.165) is 0 Å². The van der Waals surface area contributed by atoms with Crippen LogP contribution in [-0.2, 0) is 0 Å². The molecule has 102 valence electrons. The van der Waals surface area contributed by atoms with E-state index in [9.17, 15) is 0 Å². The van der Waals surface area contributed by atoms with Gasteiger partial charge in [0.05, 0.1) is 0 Å². The Balaban J connectivity index is 2.97. The summed E-state index contributed by atoms with van der Waals surface area (Å²) in [6, 6.07) is 0. The summed E-state index contributed by atoms with van der Waals surface area (Å²) in [5.41, 5.74) is 1.64. The molecule has 1 saturated carbocycles. The minimum Gasteiger partial charge on any atom is -0.369 e. The second kappa shape index (κ2) is 7.45. The van der Waals surface area contributed by atoms with E-state index in [2.05, 4.69) is 50.6 Å². The SMILES string of the molecule is C=C/C=C(\C=C/C)N(C)C1(CC)CCCCCC1. The molecule has 0 saturated heterocycles. The average molecular weight is 247 g/mol. The first-order valence-corrected chi connectivity index (χ1v) is 7.39. The zero-order valence-corrected chi connectivity index (χ0v) is 12.4. The van der Waals surface area contributed by atoms with E-state index in [4.69, 9.17) is 0 Å². The Morgan fingerprint density at radius 1 is 1.22 bits per heavy atom. The van der Waals surface area contributed by atoms with Crippen LogP contribution in [0.4, 0.5) is 0 Å². The lowest BCUT2D eigenvalue weighted by Gasteiger charge is -2.43. The maximum atomic E-state index is 3.84. The summed E-state index contributed by atoms with van der Waals surface area (Å²) in [7, 11) is 2.25. The molecule has 0 aromatic rings. The van der Waals surface area contributed by atoms with E-state index in [0.29, 0.717) is 5.54 Å². The first kappa shape index (κ1) is 15.1. The van der Waals surface area contributed by atoms with Crippen molar-refractivity contribution in [1.82, 2.24) is 4.90 Å². The van der Waals surface area contributed by atoms with Crippen LogP contribution in [0, 0.1) is 0 Å². The van der Waals surface area contributed by atoms with E-state index in [-0.39, 0.29) is 0 Å². The number of rotatable bonds is 5. The fourth-order valence-corrected chi connectivity index (χ4v) is 3.16. The van der Waals surface area contributed by atoms with Gasteiger partial charge in [0, 0.05) is 18.3 Å². The summed E-state index contributed by atoms with van der Waals surface area (Å²) in [5.74, 6) is 0. The summed E-state index contributed by atoms with van der Waals surface area (Å²) in [5, 5.41) is 0. The first-order chi connectivity index (χ1) is 8.70. The van der Waals surface area contributed by atoms with Crippen LogP contribution in [0.25, 0.3) is 0 Å². The molecule has 0 bridgehead atoms. The third-order valence-corrected chi connectivity index (χ3v) is 4.42. The van der Waals surface area contributed by atoms with E-state index in [1.165, 1.54) is 50.6 Å². The van der Waals surface area contributed by atoms with Crippen molar-refractivity contribution < 1.29 is 0 Å².